The number of rotatable bonds is 6. The Balaban J connectivity index is 1.39. The van der Waals surface area contributed by atoms with Gasteiger partial charge in [-0.2, -0.15) is 0 Å². The number of hydrogen-bond donors (Lipinski definition) is 2. The summed E-state index contributed by atoms with van der Waals surface area (Å²) in [7, 11) is 0. The number of benzene rings is 3. The van der Waals surface area contributed by atoms with E-state index in [4.69, 9.17) is 11.6 Å². The summed E-state index contributed by atoms with van der Waals surface area (Å²) >= 11 is 5.91. The van der Waals surface area contributed by atoms with Gasteiger partial charge in [-0.1, -0.05) is 60.1 Å². The third-order valence-electron chi connectivity index (χ3n) is 5.71. The van der Waals surface area contributed by atoms with Gasteiger partial charge in [0.15, 0.2) is 0 Å². The fourth-order valence-corrected chi connectivity index (χ4v) is 4.17. The van der Waals surface area contributed by atoms with E-state index in [1.807, 2.05) is 59.2 Å². The van der Waals surface area contributed by atoms with E-state index in [0.717, 1.165) is 22.0 Å². The third kappa shape index (κ3) is 4.81. The van der Waals surface area contributed by atoms with E-state index in [2.05, 4.69) is 10.6 Å². The number of hydrogen-bond acceptors (Lipinski definition) is 3. The van der Waals surface area contributed by atoms with Crippen LogP contribution < -0.4 is 10.6 Å². The second-order valence-corrected chi connectivity index (χ2v) is 8.59. The lowest BCUT2D eigenvalue weighted by Gasteiger charge is -2.11. The quantitative estimate of drug-likeness (QED) is 0.297. The summed E-state index contributed by atoms with van der Waals surface area (Å²) in [6.45, 7) is 0.266. The maximum absolute atomic E-state index is 13.0. The van der Waals surface area contributed by atoms with Crippen LogP contribution in [0.2, 0.25) is 5.02 Å². The SMILES string of the molecule is O=C(Cn1cc(/C=C2/NC(=O)N(Cc3ccccc3)C2=O)c2ccccc21)Nc1ccc(Cl)cc1. The highest BCUT2D eigenvalue weighted by atomic mass is 35.5. The first-order valence-electron chi connectivity index (χ1n) is 11.0. The number of halogens is 1. The van der Waals surface area contributed by atoms with Gasteiger partial charge in [-0.3, -0.25) is 14.5 Å². The molecule has 4 amide bonds. The van der Waals surface area contributed by atoms with Crippen LogP contribution in [0.5, 0.6) is 0 Å². The van der Waals surface area contributed by atoms with Crippen LogP contribution in [0.15, 0.2) is 90.8 Å². The van der Waals surface area contributed by atoms with Crippen molar-refractivity contribution in [2.24, 2.45) is 0 Å². The highest BCUT2D eigenvalue weighted by molar-refractivity contribution is 6.30. The van der Waals surface area contributed by atoms with Crippen LogP contribution in [-0.2, 0) is 22.7 Å². The maximum atomic E-state index is 13.0. The molecule has 174 valence electrons. The molecular weight excluding hydrogens is 464 g/mol. The fraction of sp³-hybridized carbons (Fsp3) is 0.0741. The van der Waals surface area contributed by atoms with Gasteiger partial charge in [0, 0.05) is 33.4 Å². The predicted molar refractivity (Wildman–Crippen MR) is 136 cm³/mol. The summed E-state index contributed by atoms with van der Waals surface area (Å²) in [6.07, 6.45) is 3.46. The zero-order chi connectivity index (χ0) is 24.4. The third-order valence-corrected chi connectivity index (χ3v) is 5.96. The molecule has 0 radical (unpaired) electrons. The van der Waals surface area contributed by atoms with E-state index in [1.54, 1.807) is 36.5 Å². The number of nitrogens with zero attached hydrogens (tertiary/aromatic N) is 2. The van der Waals surface area contributed by atoms with Crippen molar-refractivity contribution < 1.29 is 14.4 Å². The van der Waals surface area contributed by atoms with E-state index in [-0.39, 0.29) is 24.7 Å². The Morgan fingerprint density at radius 2 is 1.66 bits per heavy atom. The van der Waals surface area contributed by atoms with E-state index in [0.29, 0.717) is 10.7 Å². The second kappa shape index (κ2) is 9.48. The largest absolute Gasteiger partial charge is 0.337 e. The number of amides is 4. The van der Waals surface area contributed by atoms with Gasteiger partial charge >= 0.3 is 6.03 Å². The van der Waals surface area contributed by atoms with Crippen molar-refractivity contribution in [3.63, 3.8) is 0 Å². The average molecular weight is 485 g/mol. The first kappa shape index (κ1) is 22.4. The molecule has 1 fully saturated rings. The van der Waals surface area contributed by atoms with Crippen molar-refractivity contribution in [2.45, 2.75) is 13.1 Å². The van der Waals surface area contributed by atoms with Crippen LogP contribution in [0, 0.1) is 0 Å². The Morgan fingerprint density at radius 1 is 0.943 bits per heavy atom. The average Bonchev–Trinajstić information content (AvgIpc) is 3.33. The van der Waals surface area contributed by atoms with Crippen LogP contribution in [-0.4, -0.2) is 27.3 Å². The number of para-hydroxylation sites is 1. The lowest BCUT2D eigenvalue weighted by atomic mass is 10.1. The molecule has 1 aliphatic rings. The number of aromatic nitrogens is 1. The Kier molecular flexibility index (Phi) is 6.08. The molecule has 8 heteroatoms. The molecule has 0 atom stereocenters. The lowest BCUT2D eigenvalue weighted by Crippen LogP contribution is -2.30. The summed E-state index contributed by atoms with van der Waals surface area (Å²) < 4.78 is 1.82. The molecule has 1 saturated heterocycles. The molecular formula is C27H21ClN4O3. The summed E-state index contributed by atoms with van der Waals surface area (Å²) in [5.41, 5.74) is 3.27. The van der Waals surface area contributed by atoms with Crippen molar-refractivity contribution in [3.8, 4) is 0 Å². The molecule has 5 rings (SSSR count). The minimum atomic E-state index is -0.462. The summed E-state index contributed by atoms with van der Waals surface area (Å²) in [6, 6.07) is 23.4. The van der Waals surface area contributed by atoms with Crippen molar-refractivity contribution in [3.05, 3.63) is 107 Å². The van der Waals surface area contributed by atoms with Crippen LogP contribution in [0.25, 0.3) is 17.0 Å². The number of fused-ring (bicyclic) bond motifs is 1. The summed E-state index contributed by atoms with van der Waals surface area (Å²) in [4.78, 5) is 39.3. The number of anilines is 1. The minimum Gasteiger partial charge on any atom is -0.337 e. The van der Waals surface area contributed by atoms with Gasteiger partial charge in [0.1, 0.15) is 12.2 Å². The highest BCUT2D eigenvalue weighted by Crippen LogP contribution is 2.25. The van der Waals surface area contributed by atoms with Crippen LogP contribution in [0.3, 0.4) is 0 Å². The van der Waals surface area contributed by atoms with Gasteiger partial charge in [-0.15, -0.1) is 0 Å². The Labute approximate surface area is 206 Å². The number of carbonyl (C=O) groups excluding carboxylic acids is 3. The van der Waals surface area contributed by atoms with E-state index in [1.165, 1.54) is 4.90 Å². The van der Waals surface area contributed by atoms with E-state index >= 15 is 0 Å². The smallest absolute Gasteiger partial charge is 0.329 e. The van der Waals surface area contributed by atoms with Gasteiger partial charge in [0.25, 0.3) is 5.91 Å². The summed E-state index contributed by atoms with van der Waals surface area (Å²) in [5.74, 6) is -0.595. The number of carbonyl (C=O) groups is 3. The van der Waals surface area contributed by atoms with Crippen LogP contribution in [0.1, 0.15) is 11.1 Å². The number of nitrogens with one attached hydrogen (secondary N) is 2. The molecule has 4 aromatic rings. The Hall–Kier alpha value is -4.36. The maximum Gasteiger partial charge on any atom is 0.329 e. The van der Waals surface area contributed by atoms with Gasteiger partial charge in [-0.05, 0) is 42.0 Å². The Bertz CT molecular complexity index is 1460. The number of imide groups is 1. The van der Waals surface area contributed by atoms with Crippen LogP contribution in [0.4, 0.5) is 10.5 Å². The van der Waals surface area contributed by atoms with Crippen molar-refractivity contribution in [1.29, 1.82) is 0 Å². The normalized spacial score (nSPS) is 14.5. The van der Waals surface area contributed by atoms with E-state index < -0.39 is 11.9 Å². The lowest BCUT2D eigenvalue weighted by molar-refractivity contribution is -0.123. The molecule has 0 unspecified atom stereocenters. The second-order valence-electron chi connectivity index (χ2n) is 8.15. The highest BCUT2D eigenvalue weighted by Gasteiger charge is 2.33. The van der Waals surface area contributed by atoms with Gasteiger partial charge in [0.05, 0.1) is 6.54 Å². The predicted octanol–water partition coefficient (Wildman–Crippen LogP) is 5.03. The molecule has 1 aliphatic heterocycles. The minimum absolute atomic E-state index is 0.0761. The molecule has 0 spiro atoms. The molecule has 2 N–H and O–H groups in total. The topological polar surface area (TPSA) is 83.4 Å². The van der Waals surface area contributed by atoms with Crippen LogP contribution >= 0.6 is 11.6 Å². The molecule has 1 aromatic heterocycles. The molecule has 0 bridgehead atoms. The molecule has 0 saturated carbocycles. The van der Waals surface area contributed by atoms with Gasteiger partial charge < -0.3 is 15.2 Å². The van der Waals surface area contributed by atoms with Gasteiger partial charge in [0.2, 0.25) is 5.91 Å². The molecule has 0 aliphatic carbocycles. The first-order chi connectivity index (χ1) is 17.0. The van der Waals surface area contributed by atoms with E-state index in [9.17, 15) is 14.4 Å². The molecule has 2 heterocycles. The summed E-state index contributed by atoms with van der Waals surface area (Å²) in [5, 5.41) is 6.98. The monoisotopic (exact) mass is 484 g/mol. The molecule has 35 heavy (non-hydrogen) atoms. The van der Waals surface area contributed by atoms with Crippen molar-refractivity contribution in [1.82, 2.24) is 14.8 Å². The fourth-order valence-electron chi connectivity index (χ4n) is 4.05. The zero-order valence-electron chi connectivity index (χ0n) is 18.6. The standard InChI is InChI=1S/C27H21ClN4O3/c28-20-10-12-21(13-11-20)29-25(33)17-31-16-19(22-8-4-5-9-24(22)31)14-23-26(34)32(27(35)30-23)15-18-6-2-1-3-7-18/h1-14,16H,15,17H2,(H,29,33)(H,30,35)/b23-14+. The van der Waals surface area contributed by atoms with Crippen molar-refractivity contribution in [2.75, 3.05) is 5.32 Å². The van der Waals surface area contributed by atoms with Gasteiger partial charge in [-0.25, -0.2) is 4.79 Å². The zero-order valence-corrected chi connectivity index (χ0v) is 19.3. The number of urea groups is 1. The molecule has 7 nitrogen and oxygen atoms in total. The first-order valence-corrected chi connectivity index (χ1v) is 11.4. The Morgan fingerprint density at radius 3 is 2.43 bits per heavy atom. The van der Waals surface area contributed by atoms with Crippen molar-refractivity contribution >= 4 is 52.1 Å². The molecule has 3 aromatic carbocycles.